The Morgan fingerprint density at radius 2 is 2.18 bits per heavy atom. The van der Waals surface area contributed by atoms with Crippen LogP contribution in [-0.4, -0.2) is 57.5 Å². The molecule has 0 radical (unpaired) electrons. The molecule has 0 saturated carbocycles. The quantitative estimate of drug-likeness (QED) is 0.757. The number of allylic oxidation sites excluding steroid dienone is 1. The van der Waals surface area contributed by atoms with Crippen molar-refractivity contribution in [2.75, 3.05) is 19.6 Å². The summed E-state index contributed by atoms with van der Waals surface area (Å²) in [7, 11) is 1.81. The van der Waals surface area contributed by atoms with E-state index >= 15 is 0 Å². The molecule has 2 N–H and O–H groups in total. The number of carbonyl (C=O) groups excluding carboxylic acids is 2. The lowest BCUT2D eigenvalue weighted by Gasteiger charge is -2.40. The average molecular weight is 386 g/mol. The number of rotatable bonds is 5. The van der Waals surface area contributed by atoms with Crippen LogP contribution in [0.4, 0.5) is 0 Å². The summed E-state index contributed by atoms with van der Waals surface area (Å²) in [5, 5.41) is 6.33. The van der Waals surface area contributed by atoms with Crippen LogP contribution in [0.1, 0.15) is 62.0 Å². The zero-order valence-corrected chi connectivity index (χ0v) is 16.7. The minimum atomic E-state index is -0.479. The molecule has 1 aromatic rings. The van der Waals surface area contributed by atoms with Crippen LogP contribution in [0.15, 0.2) is 24.0 Å². The van der Waals surface area contributed by atoms with Crippen LogP contribution < -0.4 is 10.6 Å². The molecule has 2 aliphatic heterocycles. The zero-order valence-electron chi connectivity index (χ0n) is 16.7. The van der Waals surface area contributed by atoms with Gasteiger partial charge >= 0.3 is 0 Å². The van der Waals surface area contributed by atoms with E-state index in [9.17, 15) is 9.59 Å². The number of aromatic nitrogens is 2. The van der Waals surface area contributed by atoms with Crippen LogP contribution >= 0.6 is 0 Å². The number of piperidine rings is 1. The highest BCUT2D eigenvalue weighted by Gasteiger charge is 2.52. The maximum Gasteiger partial charge on any atom is 0.287 e. The van der Waals surface area contributed by atoms with Gasteiger partial charge in [-0.05, 0) is 57.9 Å². The van der Waals surface area contributed by atoms with Crippen LogP contribution in [0.3, 0.4) is 0 Å². The van der Waals surface area contributed by atoms with Crippen molar-refractivity contribution < 1.29 is 9.59 Å². The number of hydrogen-bond acceptors (Lipinski definition) is 4. The lowest BCUT2D eigenvalue weighted by molar-refractivity contribution is -0.133. The monoisotopic (exact) mass is 385 g/mol. The Hall–Kier alpha value is -2.15. The number of nitrogens with one attached hydrogen (secondary N) is 2. The van der Waals surface area contributed by atoms with E-state index in [2.05, 4.69) is 26.6 Å². The molecule has 0 spiro atoms. The van der Waals surface area contributed by atoms with Gasteiger partial charge in [0.1, 0.15) is 5.54 Å². The fraction of sp³-hybridized carbons (Fsp3) is 0.667. The van der Waals surface area contributed by atoms with Gasteiger partial charge in [0, 0.05) is 38.6 Å². The van der Waals surface area contributed by atoms with Gasteiger partial charge in [-0.25, -0.2) is 4.98 Å². The van der Waals surface area contributed by atoms with Crippen molar-refractivity contribution in [3.63, 3.8) is 0 Å². The molecule has 3 aliphatic rings. The second kappa shape index (κ2) is 8.07. The lowest BCUT2D eigenvalue weighted by Crippen LogP contribution is -2.57. The Bertz CT molecular complexity index is 771. The highest BCUT2D eigenvalue weighted by molar-refractivity contribution is 5.91. The van der Waals surface area contributed by atoms with Crippen molar-refractivity contribution in [1.29, 1.82) is 0 Å². The van der Waals surface area contributed by atoms with Crippen LogP contribution in [0.5, 0.6) is 0 Å². The molecule has 152 valence electrons. The highest BCUT2D eigenvalue weighted by Crippen LogP contribution is 2.38. The summed E-state index contributed by atoms with van der Waals surface area (Å²) >= 11 is 0. The van der Waals surface area contributed by atoms with Crippen LogP contribution in [-0.2, 0) is 11.8 Å². The van der Waals surface area contributed by atoms with E-state index in [4.69, 9.17) is 0 Å². The summed E-state index contributed by atoms with van der Waals surface area (Å²) in [6.45, 7) is 2.32. The van der Waals surface area contributed by atoms with Gasteiger partial charge in [-0.2, -0.15) is 0 Å². The largest absolute Gasteiger partial charge is 0.351 e. The normalized spacial score (nSPS) is 27.8. The smallest absolute Gasteiger partial charge is 0.287 e. The van der Waals surface area contributed by atoms with E-state index < -0.39 is 5.54 Å². The molecule has 28 heavy (non-hydrogen) atoms. The Labute approximate surface area is 166 Å². The molecule has 7 nitrogen and oxygen atoms in total. The summed E-state index contributed by atoms with van der Waals surface area (Å²) in [4.78, 5) is 32.3. The Balaban J connectivity index is 1.42. The van der Waals surface area contributed by atoms with Crippen molar-refractivity contribution >= 4 is 11.8 Å². The minimum Gasteiger partial charge on any atom is -0.351 e. The Morgan fingerprint density at radius 3 is 2.93 bits per heavy atom. The third kappa shape index (κ3) is 3.72. The maximum absolute atomic E-state index is 13.2. The third-order valence-corrected chi connectivity index (χ3v) is 6.54. The predicted octanol–water partition coefficient (Wildman–Crippen LogP) is 1.76. The number of imidazole rings is 1. The topological polar surface area (TPSA) is 79.3 Å². The van der Waals surface area contributed by atoms with Crippen molar-refractivity contribution in [1.82, 2.24) is 25.1 Å². The molecule has 2 saturated heterocycles. The molecule has 0 bridgehead atoms. The molecule has 1 aliphatic carbocycles. The van der Waals surface area contributed by atoms with Gasteiger partial charge in [-0.1, -0.05) is 11.6 Å². The minimum absolute atomic E-state index is 0.0260. The molecule has 3 heterocycles. The zero-order chi connectivity index (χ0) is 19.6. The highest BCUT2D eigenvalue weighted by atomic mass is 16.2. The molecule has 2 atom stereocenters. The molecule has 4 rings (SSSR count). The van der Waals surface area contributed by atoms with E-state index in [0.29, 0.717) is 18.8 Å². The first kappa shape index (κ1) is 19.2. The van der Waals surface area contributed by atoms with Gasteiger partial charge in [0.15, 0.2) is 5.82 Å². The summed E-state index contributed by atoms with van der Waals surface area (Å²) in [6, 6.07) is -0.0260. The second-order valence-electron chi connectivity index (χ2n) is 8.46. The van der Waals surface area contributed by atoms with Crippen molar-refractivity contribution in [3.8, 4) is 0 Å². The van der Waals surface area contributed by atoms with E-state index in [1.165, 1.54) is 18.4 Å². The number of fused-ring (bicyclic) bond motifs is 1. The van der Waals surface area contributed by atoms with Crippen molar-refractivity contribution in [3.05, 3.63) is 29.9 Å². The third-order valence-electron chi connectivity index (χ3n) is 6.54. The Kier molecular flexibility index (Phi) is 5.53. The number of amides is 2. The second-order valence-corrected chi connectivity index (χ2v) is 8.46. The predicted molar refractivity (Wildman–Crippen MR) is 107 cm³/mol. The Morgan fingerprint density at radius 1 is 1.29 bits per heavy atom. The number of nitrogens with zero attached hydrogens (tertiary/aromatic N) is 3. The van der Waals surface area contributed by atoms with Gasteiger partial charge in [0.2, 0.25) is 5.91 Å². The molecular weight excluding hydrogens is 354 g/mol. The lowest BCUT2D eigenvalue weighted by atomic mass is 9.84. The number of aryl methyl sites for hydroxylation is 1. The van der Waals surface area contributed by atoms with Gasteiger partial charge in [-0.3, -0.25) is 14.5 Å². The van der Waals surface area contributed by atoms with E-state index in [1.54, 1.807) is 17.0 Å². The van der Waals surface area contributed by atoms with Crippen molar-refractivity contribution in [2.24, 2.45) is 7.05 Å². The summed E-state index contributed by atoms with van der Waals surface area (Å²) in [6.07, 6.45) is 14.1. The first-order valence-corrected chi connectivity index (χ1v) is 10.6. The summed E-state index contributed by atoms with van der Waals surface area (Å²) in [5.74, 6) is 0.375. The standard InChI is InChI=1S/C21H31N5O2/c1-25-12-10-22-18(25)19(27)24-17-13-21(9-5-6-11-26(21)15-17)20(28)23-14-16-7-3-2-4-8-16/h7,10,12,17H,2-6,8-9,11,13-15H2,1H3,(H,23,28)(H,24,27)/t17-,21-/m0/s1. The summed E-state index contributed by atoms with van der Waals surface area (Å²) in [5.41, 5.74) is 0.878. The van der Waals surface area contributed by atoms with Gasteiger partial charge in [0.25, 0.3) is 5.91 Å². The average Bonchev–Trinajstić information content (AvgIpc) is 3.30. The molecule has 0 unspecified atom stereocenters. The summed E-state index contributed by atoms with van der Waals surface area (Å²) < 4.78 is 1.72. The molecule has 2 fully saturated rings. The van der Waals surface area contributed by atoms with Crippen LogP contribution in [0.25, 0.3) is 0 Å². The van der Waals surface area contributed by atoms with Gasteiger partial charge in [-0.15, -0.1) is 0 Å². The van der Waals surface area contributed by atoms with E-state index in [-0.39, 0.29) is 17.9 Å². The van der Waals surface area contributed by atoms with Crippen LogP contribution in [0.2, 0.25) is 0 Å². The fourth-order valence-corrected chi connectivity index (χ4v) is 5.03. The molecule has 2 amide bonds. The van der Waals surface area contributed by atoms with E-state index in [0.717, 1.165) is 45.2 Å². The van der Waals surface area contributed by atoms with E-state index in [1.807, 2.05) is 7.05 Å². The fourth-order valence-electron chi connectivity index (χ4n) is 5.03. The first-order chi connectivity index (χ1) is 13.6. The van der Waals surface area contributed by atoms with Crippen molar-refractivity contribution in [2.45, 2.75) is 62.9 Å². The molecule has 7 heteroatoms. The number of hydrogen-bond donors (Lipinski definition) is 2. The maximum atomic E-state index is 13.2. The number of carbonyl (C=O) groups is 2. The van der Waals surface area contributed by atoms with Crippen LogP contribution in [0, 0.1) is 0 Å². The molecular formula is C21H31N5O2. The van der Waals surface area contributed by atoms with Gasteiger partial charge in [0.05, 0.1) is 0 Å². The SMILES string of the molecule is Cn1ccnc1C(=O)N[C@@H]1CN2CCCC[C@@]2(C(=O)NCC2=CCCCC2)C1. The van der Waals surface area contributed by atoms with Gasteiger partial charge < -0.3 is 15.2 Å². The molecule has 1 aromatic heterocycles. The first-order valence-electron chi connectivity index (χ1n) is 10.6. The molecule has 0 aromatic carbocycles.